The predicted octanol–water partition coefficient (Wildman–Crippen LogP) is 4.89. The van der Waals surface area contributed by atoms with Crippen molar-refractivity contribution in [3.05, 3.63) is 71.3 Å². The van der Waals surface area contributed by atoms with Crippen molar-refractivity contribution >= 4 is 27.3 Å². The standard InChI is InChI=1S/C24H24N2O5S/c1-5-26-19-8-6-7-9-21(19)31-20-11-10-17(14-18(20)24(26)27)25-32(28,29)23-13-16(3)15(2)12-22(23)30-4/h6-14,25H,5H2,1-4H3. The summed E-state index contributed by atoms with van der Waals surface area (Å²) in [5, 5.41) is 0. The molecule has 4 rings (SSSR count). The molecule has 3 aromatic carbocycles. The van der Waals surface area contributed by atoms with E-state index in [0.29, 0.717) is 23.7 Å². The van der Waals surface area contributed by atoms with Gasteiger partial charge in [0.05, 0.1) is 18.4 Å². The van der Waals surface area contributed by atoms with Gasteiger partial charge in [-0.3, -0.25) is 9.52 Å². The lowest BCUT2D eigenvalue weighted by atomic mass is 10.1. The number of ether oxygens (including phenoxy) is 2. The minimum Gasteiger partial charge on any atom is -0.495 e. The van der Waals surface area contributed by atoms with Gasteiger partial charge in [-0.1, -0.05) is 12.1 Å². The lowest BCUT2D eigenvalue weighted by Gasteiger charge is -2.20. The molecule has 8 heteroatoms. The maximum Gasteiger partial charge on any atom is 0.265 e. The monoisotopic (exact) mass is 452 g/mol. The van der Waals surface area contributed by atoms with Crippen LogP contribution < -0.4 is 19.1 Å². The second-order valence-corrected chi connectivity index (χ2v) is 9.17. The number of fused-ring (bicyclic) bond motifs is 2. The van der Waals surface area contributed by atoms with Crippen LogP contribution in [-0.4, -0.2) is 28.0 Å². The van der Waals surface area contributed by atoms with E-state index in [-0.39, 0.29) is 27.8 Å². The maximum absolute atomic E-state index is 13.2. The summed E-state index contributed by atoms with van der Waals surface area (Å²) >= 11 is 0. The topological polar surface area (TPSA) is 84.9 Å². The number of carbonyl (C=O) groups excluding carboxylic acids is 1. The van der Waals surface area contributed by atoms with Gasteiger partial charge in [-0.05, 0) is 74.4 Å². The average Bonchev–Trinajstić information content (AvgIpc) is 2.88. The van der Waals surface area contributed by atoms with E-state index in [1.54, 1.807) is 35.2 Å². The van der Waals surface area contributed by atoms with Crippen molar-refractivity contribution in [2.75, 3.05) is 23.3 Å². The van der Waals surface area contributed by atoms with Gasteiger partial charge in [-0.25, -0.2) is 8.42 Å². The number of para-hydroxylation sites is 2. The minimum absolute atomic E-state index is 0.0307. The Morgan fingerprint density at radius 2 is 1.72 bits per heavy atom. The molecule has 3 aromatic rings. The summed E-state index contributed by atoms with van der Waals surface area (Å²) in [7, 11) is -2.53. The second kappa shape index (κ2) is 8.20. The van der Waals surface area contributed by atoms with Crippen LogP contribution in [0.15, 0.2) is 59.5 Å². The van der Waals surface area contributed by atoms with Crippen LogP contribution in [0.2, 0.25) is 0 Å². The summed E-state index contributed by atoms with van der Waals surface area (Å²) in [4.78, 5) is 14.9. The van der Waals surface area contributed by atoms with E-state index in [1.807, 2.05) is 39.0 Å². The van der Waals surface area contributed by atoms with Crippen LogP contribution in [0.1, 0.15) is 28.4 Å². The van der Waals surface area contributed by atoms with E-state index in [9.17, 15) is 13.2 Å². The van der Waals surface area contributed by atoms with Gasteiger partial charge >= 0.3 is 0 Å². The maximum atomic E-state index is 13.2. The van der Waals surface area contributed by atoms with Crippen molar-refractivity contribution in [2.45, 2.75) is 25.7 Å². The van der Waals surface area contributed by atoms with Gasteiger partial charge in [0.25, 0.3) is 15.9 Å². The summed E-state index contributed by atoms with van der Waals surface area (Å²) in [5.74, 6) is 0.916. The van der Waals surface area contributed by atoms with Crippen LogP contribution in [0.4, 0.5) is 11.4 Å². The van der Waals surface area contributed by atoms with Gasteiger partial charge < -0.3 is 14.4 Å². The molecule has 0 radical (unpaired) electrons. The van der Waals surface area contributed by atoms with E-state index in [2.05, 4.69) is 4.72 Å². The van der Waals surface area contributed by atoms with Gasteiger partial charge in [0, 0.05) is 12.2 Å². The molecule has 0 saturated carbocycles. The normalized spacial score (nSPS) is 13.0. The Balaban J connectivity index is 1.74. The number of carbonyl (C=O) groups is 1. The first-order chi connectivity index (χ1) is 15.2. The van der Waals surface area contributed by atoms with Crippen LogP contribution in [0, 0.1) is 13.8 Å². The molecule has 1 N–H and O–H groups in total. The molecule has 1 aliphatic heterocycles. The van der Waals surface area contributed by atoms with Crippen molar-refractivity contribution in [1.29, 1.82) is 0 Å². The highest BCUT2D eigenvalue weighted by Gasteiger charge is 2.28. The number of nitrogens with zero attached hydrogens (tertiary/aromatic N) is 1. The van der Waals surface area contributed by atoms with E-state index in [4.69, 9.17) is 9.47 Å². The molecule has 0 atom stereocenters. The first-order valence-corrected chi connectivity index (χ1v) is 11.6. The Morgan fingerprint density at radius 1 is 1.00 bits per heavy atom. The highest BCUT2D eigenvalue weighted by Crippen LogP contribution is 2.40. The molecule has 166 valence electrons. The number of amides is 1. The zero-order valence-corrected chi connectivity index (χ0v) is 19.1. The van der Waals surface area contributed by atoms with E-state index < -0.39 is 10.0 Å². The molecule has 0 spiro atoms. The van der Waals surface area contributed by atoms with Crippen LogP contribution >= 0.6 is 0 Å². The van der Waals surface area contributed by atoms with Gasteiger partial charge in [0.2, 0.25) is 0 Å². The van der Waals surface area contributed by atoms with Crippen LogP contribution in [-0.2, 0) is 10.0 Å². The molecule has 32 heavy (non-hydrogen) atoms. The molecule has 0 aromatic heterocycles. The SMILES string of the molecule is CCN1C(=O)c2cc(NS(=O)(=O)c3cc(C)c(C)cc3OC)ccc2Oc2ccccc21. The number of anilines is 2. The van der Waals surface area contributed by atoms with Crippen LogP contribution in [0.3, 0.4) is 0 Å². The van der Waals surface area contributed by atoms with Crippen molar-refractivity contribution in [1.82, 2.24) is 0 Å². The molecule has 1 aliphatic rings. The van der Waals surface area contributed by atoms with Crippen molar-refractivity contribution in [2.24, 2.45) is 0 Å². The summed E-state index contributed by atoms with van der Waals surface area (Å²) in [5.41, 5.74) is 2.94. The highest BCUT2D eigenvalue weighted by molar-refractivity contribution is 7.92. The summed E-state index contributed by atoms with van der Waals surface area (Å²) in [6.45, 7) is 6.03. The lowest BCUT2D eigenvalue weighted by Crippen LogP contribution is -2.29. The fourth-order valence-electron chi connectivity index (χ4n) is 3.65. The number of methoxy groups -OCH3 is 1. The van der Waals surface area contributed by atoms with Gasteiger partial charge in [0.15, 0.2) is 5.75 Å². The van der Waals surface area contributed by atoms with E-state index in [1.165, 1.54) is 13.2 Å². The Morgan fingerprint density at radius 3 is 2.44 bits per heavy atom. The zero-order valence-electron chi connectivity index (χ0n) is 18.3. The van der Waals surface area contributed by atoms with Gasteiger partial charge in [0.1, 0.15) is 16.4 Å². The van der Waals surface area contributed by atoms with Crippen molar-refractivity contribution < 1.29 is 22.7 Å². The molecule has 0 saturated heterocycles. The number of benzene rings is 3. The number of hydrogen-bond donors (Lipinski definition) is 1. The summed E-state index contributed by atoms with van der Waals surface area (Å²) in [6, 6.07) is 15.2. The molecule has 0 aliphatic carbocycles. The third-order valence-electron chi connectivity index (χ3n) is 5.47. The van der Waals surface area contributed by atoms with Gasteiger partial charge in [-0.15, -0.1) is 0 Å². The molecule has 0 bridgehead atoms. The largest absolute Gasteiger partial charge is 0.495 e. The van der Waals surface area contributed by atoms with Crippen molar-refractivity contribution in [3.63, 3.8) is 0 Å². The molecule has 1 amide bonds. The zero-order chi connectivity index (χ0) is 23.0. The van der Waals surface area contributed by atoms with Crippen molar-refractivity contribution in [3.8, 4) is 17.2 Å². The Hall–Kier alpha value is -3.52. The summed E-state index contributed by atoms with van der Waals surface area (Å²) < 4.78 is 40.1. The third-order valence-corrected chi connectivity index (χ3v) is 6.87. The molecule has 0 fully saturated rings. The average molecular weight is 453 g/mol. The lowest BCUT2D eigenvalue weighted by molar-refractivity contribution is 0.0988. The molecule has 0 unspecified atom stereocenters. The van der Waals surface area contributed by atoms with Crippen LogP contribution in [0.5, 0.6) is 17.2 Å². The number of nitrogens with one attached hydrogen (secondary N) is 1. The van der Waals surface area contributed by atoms with Gasteiger partial charge in [-0.2, -0.15) is 0 Å². The Kier molecular flexibility index (Phi) is 5.56. The smallest absolute Gasteiger partial charge is 0.265 e. The van der Waals surface area contributed by atoms with E-state index in [0.717, 1.165) is 11.1 Å². The first kappa shape index (κ1) is 21.7. The fraction of sp³-hybridized carbons (Fsp3) is 0.208. The second-order valence-electron chi connectivity index (χ2n) is 7.52. The number of hydrogen-bond acceptors (Lipinski definition) is 5. The molecular formula is C24H24N2O5S. The fourth-order valence-corrected chi connectivity index (χ4v) is 4.93. The number of rotatable bonds is 5. The third kappa shape index (κ3) is 3.78. The predicted molar refractivity (Wildman–Crippen MR) is 124 cm³/mol. The van der Waals surface area contributed by atoms with E-state index >= 15 is 0 Å². The number of aryl methyl sites for hydroxylation is 2. The first-order valence-electron chi connectivity index (χ1n) is 10.2. The van der Waals surface area contributed by atoms with Crippen LogP contribution in [0.25, 0.3) is 0 Å². The Bertz CT molecular complexity index is 1320. The molecular weight excluding hydrogens is 428 g/mol. The minimum atomic E-state index is -3.96. The molecule has 7 nitrogen and oxygen atoms in total. The molecule has 1 heterocycles. The Labute approximate surface area is 187 Å². The quantitative estimate of drug-likeness (QED) is 0.596. The number of sulfonamides is 1. The highest BCUT2D eigenvalue weighted by atomic mass is 32.2. The summed E-state index contributed by atoms with van der Waals surface area (Å²) in [6.07, 6.45) is 0.